The molecule has 0 radical (unpaired) electrons. The van der Waals surface area contributed by atoms with Crippen LogP contribution in [0.4, 0.5) is 10.5 Å². The number of aromatic nitrogens is 3. The zero-order chi connectivity index (χ0) is 28.5. The second-order valence-electron chi connectivity index (χ2n) is 10.6. The fourth-order valence-corrected chi connectivity index (χ4v) is 5.92. The van der Waals surface area contributed by atoms with E-state index in [4.69, 9.17) is 21.6 Å². The second kappa shape index (κ2) is 11.3. The predicted molar refractivity (Wildman–Crippen MR) is 163 cm³/mol. The van der Waals surface area contributed by atoms with E-state index in [1.807, 2.05) is 59.6 Å². The first-order chi connectivity index (χ1) is 19.9. The lowest BCUT2D eigenvalue weighted by Gasteiger charge is -2.30. The van der Waals surface area contributed by atoms with Gasteiger partial charge >= 0.3 is 6.03 Å². The van der Waals surface area contributed by atoms with Crippen molar-refractivity contribution in [2.24, 2.45) is 5.10 Å². The van der Waals surface area contributed by atoms with Crippen LogP contribution in [0.1, 0.15) is 40.8 Å². The summed E-state index contributed by atoms with van der Waals surface area (Å²) in [6.45, 7) is 5.87. The molecule has 0 aliphatic carbocycles. The Hall–Kier alpha value is -4.30. The predicted octanol–water partition coefficient (Wildman–Crippen LogP) is 6.33. The zero-order valence-corrected chi connectivity index (χ0v) is 24.2. The van der Waals surface area contributed by atoms with E-state index in [2.05, 4.69) is 41.4 Å². The third kappa shape index (κ3) is 5.39. The van der Waals surface area contributed by atoms with E-state index >= 15 is 0 Å². The molecule has 2 aliphatic heterocycles. The number of urea groups is 1. The number of rotatable bonds is 5. The highest BCUT2D eigenvalue weighted by atomic mass is 35.5. The number of hydrazone groups is 1. The first-order valence-electron chi connectivity index (χ1n) is 13.9. The average Bonchev–Trinajstić information content (AvgIpc) is 3.43. The Balaban J connectivity index is 1.32. The summed E-state index contributed by atoms with van der Waals surface area (Å²) in [4.78, 5) is 29.7. The number of hydrogen-bond donors (Lipinski definition) is 1. The van der Waals surface area contributed by atoms with Crippen LogP contribution in [-0.2, 0) is 19.4 Å². The molecule has 0 saturated heterocycles. The SMILES string of the molecule is CCc1cc(NC(=O)N2CCc3nc(-c4cccnc4)nc(-c4ccccc4C)c3C2)cc(C2C=NN(C)C2)c1Cl. The maximum atomic E-state index is 13.6. The van der Waals surface area contributed by atoms with Gasteiger partial charge in [0, 0.05) is 78.5 Å². The molecular weight excluding hydrogens is 534 g/mol. The number of anilines is 1. The summed E-state index contributed by atoms with van der Waals surface area (Å²) in [6.07, 6.45) is 6.84. The first kappa shape index (κ1) is 26.9. The number of likely N-dealkylation sites (N-methyl/N-ethyl adjacent to an activating group) is 1. The van der Waals surface area contributed by atoms with Crippen LogP contribution in [0.25, 0.3) is 22.6 Å². The molecule has 0 bridgehead atoms. The maximum Gasteiger partial charge on any atom is 0.322 e. The highest BCUT2D eigenvalue weighted by molar-refractivity contribution is 6.32. The molecule has 4 heterocycles. The molecule has 9 heteroatoms. The Morgan fingerprint density at radius 3 is 2.73 bits per heavy atom. The van der Waals surface area contributed by atoms with Crippen LogP contribution in [0, 0.1) is 6.92 Å². The lowest BCUT2D eigenvalue weighted by Crippen LogP contribution is -2.39. The van der Waals surface area contributed by atoms with Crippen molar-refractivity contribution in [3.8, 4) is 22.6 Å². The van der Waals surface area contributed by atoms with Crippen LogP contribution < -0.4 is 5.32 Å². The largest absolute Gasteiger partial charge is 0.322 e. The molecule has 0 spiro atoms. The molecule has 8 nitrogen and oxygen atoms in total. The molecule has 0 saturated carbocycles. The van der Waals surface area contributed by atoms with Crippen molar-refractivity contribution in [1.82, 2.24) is 24.9 Å². The van der Waals surface area contributed by atoms with Gasteiger partial charge in [-0.05, 0) is 54.3 Å². The number of fused-ring (bicyclic) bond motifs is 1. The minimum atomic E-state index is -0.157. The van der Waals surface area contributed by atoms with Crippen molar-refractivity contribution in [2.45, 2.75) is 39.2 Å². The number of halogens is 1. The van der Waals surface area contributed by atoms with Crippen LogP contribution >= 0.6 is 11.6 Å². The number of hydrogen-bond acceptors (Lipinski definition) is 6. The van der Waals surface area contributed by atoms with E-state index in [-0.39, 0.29) is 11.9 Å². The van der Waals surface area contributed by atoms with Gasteiger partial charge in [0.1, 0.15) is 0 Å². The fraction of sp³-hybridized carbons (Fsp3) is 0.281. The monoisotopic (exact) mass is 565 g/mol. The minimum absolute atomic E-state index is 0.0827. The van der Waals surface area contributed by atoms with Crippen molar-refractivity contribution >= 4 is 29.5 Å². The van der Waals surface area contributed by atoms with E-state index in [1.54, 1.807) is 12.4 Å². The van der Waals surface area contributed by atoms with Gasteiger partial charge in [0.05, 0.1) is 17.9 Å². The molecule has 208 valence electrons. The van der Waals surface area contributed by atoms with E-state index in [9.17, 15) is 4.79 Å². The number of carbonyl (C=O) groups is 1. The molecule has 41 heavy (non-hydrogen) atoms. The molecule has 6 rings (SSSR count). The highest BCUT2D eigenvalue weighted by Crippen LogP contribution is 2.35. The van der Waals surface area contributed by atoms with Crippen molar-refractivity contribution in [1.29, 1.82) is 0 Å². The van der Waals surface area contributed by atoms with E-state index < -0.39 is 0 Å². The van der Waals surface area contributed by atoms with Crippen LogP contribution in [-0.4, -0.2) is 57.2 Å². The first-order valence-corrected chi connectivity index (χ1v) is 14.3. The Labute approximate surface area is 245 Å². The molecule has 2 aliphatic rings. The fourth-order valence-electron chi connectivity index (χ4n) is 5.54. The molecule has 2 aromatic carbocycles. The third-order valence-corrected chi connectivity index (χ3v) is 8.24. The molecule has 2 aromatic heterocycles. The topological polar surface area (TPSA) is 86.6 Å². The number of aryl methyl sites for hydroxylation is 2. The summed E-state index contributed by atoms with van der Waals surface area (Å²) in [5, 5.41) is 10.2. The number of nitrogens with zero attached hydrogens (tertiary/aromatic N) is 6. The molecule has 4 aromatic rings. The summed E-state index contributed by atoms with van der Waals surface area (Å²) >= 11 is 6.77. The van der Waals surface area contributed by atoms with Gasteiger partial charge in [-0.15, -0.1) is 0 Å². The van der Waals surface area contributed by atoms with Gasteiger partial charge in [0.25, 0.3) is 0 Å². The van der Waals surface area contributed by atoms with Crippen LogP contribution in [0.15, 0.2) is 66.0 Å². The van der Waals surface area contributed by atoms with Crippen LogP contribution in [0.2, 0.25) is 5.02 Å². The lowest BCUT2D eigenvalue weighted by molar-refractivity contribution is 0.206. The molecule has 1 N–H and O–H groups in total. The van der Waals surface area contributed by atoms with Crippen molar-refractivity contribution in [3.63, 3.8) is 0 Å². The second-order valence-corrected chi connectivity index (χ2v) is 11.0. The van der Waals surface area contributed by atoms with Gasteiger partial charge in [-0.1, -0.05) is 42.8 Å². The Morgan fingerprint density at radius 1 is 1.15 bits per heavy atom. The number of amides is 2. The Morgan fingerprint density at radius 2 is 2.00 bits per heavy atom. The summed E-state index contributed by atoms with van der Waals surface area (Å²) < 4.78 is 0. The van der Waals surface area contributed by atoms with Gasteiger partial charge in [-0.25, -0.2) is 14.8 Å². The summed E-state index contributed by atoms with van der Waals surface area (Å²) in [6, 6.07) is 15.9. The quantitative estimate of drug-likeness (QED) is 0.305. The number of carbonyl (C=O) groups excluding carboxylic acids is 1. The Bertz CT molecular complexity index is 1640. The maximum absolute atomic E-state index is 13.6. The highest BCUT2D eigenvalue weighted by Gasteiger charge is 2.28. The van der Waals surface area contributed by atoms with Crippen LogP contribution in [0.3, 0.4) is 0 Å². The normalized spacial score (nSPS) is 16.1. The number of nitrogens with one attached hydrogen (secondary N) is 1. The number of pyridine rings is 1. The van der Waals surface area contributed by atoms with Gasteiger partial charge < -0.3 is 10.2 Å². The lowest BCUT2D eigenvalue weighted by atomic mass is 9.96. The molecule has 1 atom stereocenters. The van der Waals surface area contributed by atoms with Gasteiger partial charge in [-0.2, -0.15) is 5.10 Å². The van der Waals surface area contributed by atoms with Crippen LogP contribution in [0.5, 0.6) is 0 Å². The smallest absolute Gasteiger partial charge is 0.320 e. The van der Waals surface area contributed by atoms with Gasteiger partial charge in [-0.3, -0.25) is 9.99 Å². The van der Waals surface area contributed by atoms with Crippen molar-refractivity contribution in [2.75, 3.05) is 25.5 Å². The van der Waals surface area contributed by atoms with Gasteiger partial charge in [0.15, 0.2) is 5.82 Å². The average molecular weight is 566 g/mol. The van der Waals surface area contributed by atoms with Crippen molar-refractivity contribution in [3.05, 3.63) is 93.9 Å². The van der Waals surface area contributed by atoms with E-state index in [0.717, 1.165) is 68.4 Å². The zero-order valence-electron chi connectivity index (χ0n) is 23.4. The minimum Gasteiger partial charge on any atom is -0.320 e. The number of benzene rings is 2. The Kier molecular flexibility index (Phi) is 7.41. The van der Waals surface area contributed by atoms with Gasteiger partial charge in [0.2, 0.25) is 0 Å². The molecule has 1 unspecified atom stereocenters. The standard InChI is InChI=1S/C32H32ClN7O/c1-4-21-14-24(15-26(29(21)33)23-17-35-39(3)18-23)36-32(41)40-13-11-28-27(19-40)30(25-10-6-5-8-20(25)2)38-31(37-28)22-9-7-12-34-16-22/h5-10,12,14-17,23H,4,11,13,18-19H2,1-3H3,(H,36,41). The van der Waals surface area contributed by atoms with Crippen molar-refractivity contribution < 1.29 is 4.79 Å². The van der Waals surface area contributed by atoms with E-state index in [0.29, 0.717) is 25.3 Å². The summed E-state index contributed by atoms with van der Waals surface area (Å²) in [5.41, 5.74) is 8.55. The molecule has 0 fully saturated rings. The molecular formula is C32H32ClN7O. The third-order valence-electron chi connectivity index (χ3n) is 7.78. The summed E-state index contributed by atoms with van der Waals surface area (Å²) in [5.74, 6) is 0.731. The summed E-state index contributed by atoms with van der Waals surface area (Å²) in [7, 11) is 1.94. The van der Waals surface area contributed by atoms with E-state index in [1.165, 1.54) is 0 Å². The molecule has 2 amide bonds.